The fourth-order valence-electron chi connectivity index (χ4n) is 4.77. The summed E-state index contributed by atoms with van der Waals surface area (Å²) < 4.78 is 28.5. The van der Waals surface area contributed by atoms with Crippen molar-refractivity contribution in [2.24, 2.45) is 11.8 Å². The van der Waals surface area contributed by atoms with Gasteiger partial charge in [-0.1, -0.05) is 56.5 Å². The summed E-state index contributed by atoms with van der Waals surface area (Å²) in [6.45, 7) is 7.11. The summed E-state index contributed by atoms with van der Waals surface area (Å²) in [4.78, 5) is 19.6. The number of hydrogen-bond donors (Lipinski definition) is 0. The third-order valence-electron chi connectivity index (χ3n) is 6.47. The highest BCUT2D eigenvalue weighted by Crippen LogP contribution is 2.34. The number of aryl methyl sites for hydroxylation is 1. The van der Waals surface area contributed by atoms with Crippen molar-refractivity contribution in [1.29, 1.82) is 0 Å². The number of carbonyl (C=O) groups excluding carboxylic acids is 1. The fraction of sp³-hybridized carbons (Fsp3) is 0.600. The molecule has 2 aliphatic carbocycles. The summed E-state index contributed by atoms with van der Waals surface area (Å²) in [6.07, 6.45) is 7.95. The van der Waals surface area contributed by atoms with Crippen LogP contribution in [0, 0.1) is 18.8 Å². The first-order chi connectivity index (χ1) is 15.2. The predicted octanol–water partition coefficient (Wildman–Crippen LogP) is 4.50. The normalized spacial score (nSPS) is 17.2. The molecule has 0 bridgehead atoms. The highest BCUT2D eigenvalue weighted by Gasteiger charge is 2.37. The van der Waals surface area contributed by atoms with E-state index < -0.39 is 9.84 Å². The predicted molar refractivity (Wildman–Crippen MR) is 125 cm³/mol. The lowest BCUT2D eigenvalue weighted by Crippen LogP contribution is -2.37. The Morgan fingerprint density at radius 3 is 2.53 bits per heavy atom. The second-order valence-electron chi connectivity index (χ2n) is 9.96. The Morgan fingerprint density at radius 2 is 1.91 bits per heavy atom. The molecule has 174 valence electrons. The van der Waals surface area contributed by atoms with Crippen LogP contribution < -0.4 is 0 Å². The molecule has 4 rings (SSSR count). The van der Waals surface area contributed by atoms with E-state index in [0.717, 1.165) is 55.3 Å². The van der Waals surface area contributed by atoms with Crippen molar-refractivity contribution >= 4 is 15.7 Å². The molecule has 6 nitrogen and oxygen atoms in total. The van der Waals surface area contributed by atoms with Crippen LogP contribution in [0.15, 0.2) is 35.6 Å². The van der Waals surface area contributed by atoms with Gasteiger partial charge in [0.05, 0.1) is 24.2 Å². The van der Waals surface area contributed by atoms with Crippen LogP contribution >= 0.6 is 0 Å². The molecule has 0 aliphatic heterocycles. The number of aromatic nitrogens is 2. The molecule has 0 unspecified atom stereocenters. The number of imidazole rings is 1. The fourth-order valence-corrected chi connectivity index (χ4v) is 6.26. The van der Waals surface area contributed by atoms with Gasteiger partial charge in [-0.3, -0.25) is 4.79 Å². The van der Waals surface area contributed by atoms with E-state index in [-0.39, 0.29) is 34.7 Å². The smallest absolute Gasteiger partial charge is 0.228 e. The van der Waals surface area contributed by atoms with Gasteiger partial charge in [-0.2, -0.15) is 0 Å². The van der Waals surface area contributed by atoms with Gasteiger partial charge < -0.3 is 9.47 Å². The molecule has 0 saturated heterocycles. The maximum atomic E-state index is 13.3. The number of hydrogen-bond acceptors (Lipinski definition) is 4. The Balaban J connectivity index is 1.62. The Labute approximate surface area is 192 Å². The van der Waals surface area contributed by atoms with Crippen molar-refractivity contribution in [3.05, 3.63) is 47.3 Å². The molecule has 2 fully saturated rings. The van der Waals surface area contributed by atoms with Crippen LogP contribution in [-0.4, -0.2) is 34.8 Å². The van der Waals surface area contributed by atoms with E-state index in [2.05, 4.69) is 18.8 Å². The van der Waals surface area contributed by atoms with E-state index in [0.29, 0.717) is 13.1 Å². The summed E-state index contributed by atoms with van der Waals surface area (Å²) in [5.74, 6) is 0.556. The lowest BCUT2D eigenvalue weighted by molar-refractivity contribution is -0.136. The zero-order valence-corrected chi connectivity index (χ0v) is 20.3. The summed E-state index contributed by atoms with van der Waals surface area (Å²) in [5, 5.41) is 0.117. The Bertz CT molecular complexity index is 1060. The van der Waals surface area contributed by atoms with Crippen molar-refractivity contribution in [2.75, 3.05) is 0 Å². The highest BCUT2D eigenvalue weighted by atomic mass is 32.2. The van der Waals surface area contributed by atoms with Crippen LogP contribution in [0.4, 0.5) is 0 Å². The van der Waals surface area contributed by atoms with Crippen molar-refractivity contribution in [3.8, 4) is 0 Å². The summed E-state index contributed by atoms with van der Waals surface area (Å²) >= 11 is 0. The number of carbonyl (C=O) groups is 1. The van der Waals surface area contributed by atoms with Gasteiger partial charge in [0.2, 0.25) is 20.9 Å². The molecule has 32 heavy (non-hydrogen) atoms. The monoisotopic (exact) mass is 457 g/mol. The zero-order valence-electron chi connectivity index (χ0n) is 19.5. The van der Waals surface area contributed by atoms with Crippen molar-refractivity contribution in [2.45, 2.75) is 89.3 Å². The second-order valence-corrected chi connectivity index (χ2v) is 11.8. The van der Waals surface area contributed by atoms with Crippen LogP contribution in [-0.2, 0) is 33.5 Å². The Kier molecular flexibility index (Phi) is 6.75. The first kappa shape index (κ1) is 23.0. The largest absolute Gasteiger partial charge is 0.334 e. The van der Waals surface area contributed by atoms with Gasteiger partial charge in [0.15, 0.2) is 0 Å². The molecule has 2 aliphatic rings. The number of sulfone groups is 1. The second kappa shape index (κ2) is 9.38. The van der Waals surface area contributed by atoms with Crippen LogP contribution in [0.3, 0.4) is 0 Å². The molecule has 1 heterocycles. The third-order valence-corrected chi connectivity index (χ3v) is 8.07. The highest BCUT2D eigenvalue weighted by molar-refractivity contribution is 7.90. The van der Waals surface area contributed by atoms with Crippen molar-refractivity contribution < 1.29 is 13.2 Å². The van der Waals surface area contributed by atoms with Gasteiger partial charge >= 0.3 is 0 Å². The van der Waals surface area contributed by atoms with E-state index in [9.17, 15) is 13.2 Å². The van der Waals surface area contributed by atoms with Crippen molar-refractivity contribution in [3.63, 3.8) is 0 Å². The quantitative estimate of drug-likeness (QED) is 0.556. The molecular formula is C25H35N3O3S. The zero-order chi connectivity index (χ0) is 22.9. The van der Waals surface area contributed by atoms with E-state index in [1.165, 1.54) is 0 Å². The number of rotatable bonds is 9. The topological polar surface area (TPSA) is 72.3 Å². The van der Waals surface area contributed by atoms with Crippen LogP contribution in [0.25, 0.3) is 0 Å². The molecule has 1 aromatic heterocycles. The molecule has 1 amide bonds. The first-order valence-corrected chi connectivity index (χ1v) is 13.5. The van der Waals surface area contributed by atoms with E-state index >= 15 is 0 Å². The maximum Gasteiger partial charge on any atom is 0.228 e. The number of amides is 1. The minimum absolute atomic E-state index is 0.0728. The molecule has 2 aromatic rings. The van der Waals surface area contributed by atoms with Gasteiger partial charge in [-0.25, -0.2) is 13.4 Å². The maximum absolute atomic E-state index is 13.3. The van der Waals surface area contributed by atoms with Gasteiger partial charge in [0.25, 0.3) is 0 Å². The van der Waals surface area contributed by atoms with E-state index in [1.54, 1.807) is 6.20 Å². The third kappa shape index (κ3) is 5.25. The summed E-state index contributed by atoms with van der Waals surface area (Å²) in [7, 11) is -3.61. The molecule has 2 saturated carbocycles. The molecule has 0 N–H and O–H groups in total. The average Bonchev–Trinajstić information content (AvgIpc) is 3.25. The van der Waals surface area contributed by atoms with Crippen LogP contribution in [0.5, 0.6) is 0 Å². The van der Waals surface area contributed by atoms with Gasteiger partial charge in [0, 0.05) is 18.5 Å². The first-order valence-electron chi connectivity index (χ1n) is 11.9. The standard InChI is InChI=1S/C25H35N3O3S/c1-18(2)15-28-23(16-27(22-11-12-22)24(29)21-9-4-5-10-21)14-26-25(28)32(30,31)17-20-8-6-7-19(3)13-20/h6-8,13-14,18,21-22H,4-5,9-12,15-17H2,1-3H3. The Morgan fingerprint density at radius 1 is 1.19 bits per heavy atom. The average molecular weight is 458 g/mol. The minimum Gasteiger partial charge on any atom is -0.334 e. The molecule has 0 spiro atoms. The lowest BCUT2D eigenvalue weighted by atomic mass is 10.1. The number of nitrogens with zero attached hydrogens (tertiary/aromatic N) is 3. The molecule has 0 atom stereocenters. The van der Waals surface area contributed by atoms with E-state index in [4.69, 9.17) is 0 Å². The SMILES string of the molecule is Cc1cccc(CS(=O)(=O)c2ncc(CN(C(=O)C3CCCC3)C3CC3)n2CC(C)C)c1. The van der Waals surface area contributed by atoms with Gasteiger partial charge in [-0.15, -0.1) is 0 Å². The molecule has 1 aromatic carbocycles. The van der Waals surface area contributed by atoms with Gasteiger partial charge in [0.1, 0.15) is 0 Å². The summed E-state index contributed by atoms with van der Waals surface area (Å²) in [5.41, 5.74) is 2.62. The van der Waals surface area contributed by atoms with Crippen LogP contribution in [0.2, 0.25) is 0 Å². The number of benzene rings is 1. The molecular weight excluding hydrogens is 422 g/mol. The van der Waals surface area contributed by atoms with E-state index in [1.807, 2.05) is 40.7 Å². The minimum atomic E-state index is -3.61. The summed E-state index contributed by atoms with van der Waals surface area (Å²) in [6, 6.07) is 7.88. The molecule has 7 heteroatoms. The molecule has 0 radical (unpaired) electrons. The Hall–Kier alpha value is -2.15. The lowest BCUT2D eigenvalue weighted by Gasteiger charge is -2.26. The van der Waals surface area contributed by atoms with Crippen molar-refractivity contribution in [1.82, 2.24) is 14.5 Å². The van der Waals surface area contributed by atoms with Crippen LogP contribution in [0.1, 0.15) is 69.2 Å². The van der Waals surface area contributed by atoms with Gasteiger partial charge in [-0.05, 0) is 44.1 Å².